The van der Waals surface area contributed by atoms with Crippen LogP contribution in [0.3, 0.4) is 0 Å². The van der Waals surface area contributed by atoms with Gasteiger partial charge in [-0.25, -0.2) is 9.59 Å². The van der Waals surface area contributed by atoms with Gasteiger partial charge in [0, 0.05) is 24.5 Å². The summed E-state index contributed by atoms with van der Waals surface area (Å²) in [5.74, 6) is -0.379. The Hall–Kier alpha value is -3.54. The second kappa shape index (κ2) is 10.9. The van der Waals surface area contributed by atoms with Gasteiger partial charge < -0.3 is 19.9 Å². The fraction of sp³-hybridized carbons (Fsp3) is 0.333. The molecule has 0 aliphatic carbocycles. The molecule has 2 N–H and O–H groups in total. The van der Waals surface area contributed by atoms with E-state index in [-0.39, 0.29) is 12.0 Å². The van der Waals surface area contributed by atoms with E-state index in [4.69, 9.17) is 4.74 Å². The van der Waals surface area contributed by atoms with Gasteiger partial charge in [-0.2, -0.15) is 0 Å². The molecule has 0 saturated heterocycles. The van der Waals surface area contributed by atoms with Crippen LogP contribution >= 0.6 is 0 Å². The number of para-hydroxylation sites is 1. The maximum atomic E-state index is 13.4. The van der Waals surface area contributed by atoms with E-state index in [0.29, 0.717) is 25.4 Å². The van der Waals surface area contributed by atoms with Crippen LogP contribution in [0.5, 0.6) is 0 Å². The first-order valence-electron chi connectivity index (χ1n) is 11.4. The molecule has 174 valence electrons. The third kappa shape index (κ3) is 5.83. The summed E-state index contributed by atoms with van der Waals surface area (Å²) < 4.78 is 5.18. The second-order valence-corrected chi connectivity index (χ2v) is 8.23. The fourth-order valence-electron chi connectivity index (χ4n) is 3.88. The van der Waals surface area contributed by atoms with Crippen molar-refractivity contribution in [3.63, 3.8) is 0 Å². The number of H-pyrrole nitrogens is 1. The lowest BCUT2D eigenvalue weighted by Crippen LogP contribution is -2.34. The number of hydrogen-bond acceptors (Lipinski definition) is 3. The Balaban J connectivity index is 1.91. The number of aromatic nitrogens is 1. The average molecular weight is 448 g/mol. The summed E-state index contributed by atoms with van der Waals surface area (Å²) in [6, 6.07) is 15.8. The lowest BCUT2D eigenvalue weighted by atomic mass is 10.1. The van der Waals surface area contributed by atoms with Gasteiger partial charge in [0.05, 0.1) is 6.61 Å². The van der Waals surface area contributed by atoms with Crippen molar-refractivity contribution in [2.45, 2.75) is 54.1 Å². The number of ether oxygens (including phenoxy) is 1. The Morgan fingerprint density at radius 2 is 1.67 bits per heavy atom. The van der Waals surface area contributed by atoms with E-state index in [1.54, 1.807) is 11.8 Å². The zero-order valence-corrected chi connectivity index (χ0v) is 20.1. The molecule has 3 aromatic rings. The van der Waals surface area contributed by atoms with Crippen LogP contribution in [0, 0.1) is 20.8 Å². The Kier molecular flexibility index (Phi) is 7.93. The Bertz CT molecular complexity index is 1120. The highest BCUT2D eigenvalue weighted by molar-refractivity contribution is 5.91. The maximum Gasteiger partial charge on any atom is 0.355 e. The van der Waals surface area contributed by atoms with Gasteiger partial charge in [-0.3, -0.25) is 0 Å². The van der Waals surface area contributed by atoms with Crippen molar-refractivity contribution in [2.75, 3.05) is 11.9 Å². The van der Waals surface area contributed by atoms with Crippen LogP contribution in [0.2, 0.25) is 0 Å². The number of nitrogens with one attached hydrogen (secondary N) is 2. The molecule has 6 heteroatoms. The number of carbonyl (C=O) groups is 2. The molecule has 2 aromatic carbocycles. The Labute approximate surface area is 196 Å². The number of amides is 2. The smallest absolute Gasteiger partial charge is 0.355 e. The van der Waals surface area contributed by atoms with Crippen molar-refractivity contribution in [3.05, 3.63) is 87.7 Å². The van der Waals surface area contributed by atoms with E-state index in [1.165, 1.54) is 5.56 Å². The van der Waals surface area contributed by atoms with Crippen LogP contribution in [-0.4, -0.2) is 28.5 Å². The maximum absolute atomic E-state index is 13.4. The van der Waals surface area contributed by atoms with Crippen molar-refractivity contribution in [2.24, 2.45) is 0 Å². The minimum atomic E-state index is -0.379. The highest BCUT2D eigenvalue weighted by atomic mass is 16.5. The van der Waals surface area contributed by atoms with Crippen LogP contribution in [-0.2, 0) is 24.2 Å². The van der Waals surface area contributed by atoms with Gasteiger partial charge >= 0.3 is 12.0 Å². The molecule has 0 fully saturated rings. The van der Waals surface area contributed by atoms with Crippen LogP contribution < -0.4 is 5.32 Å². The summed E-state index contributed by atoms with van der Waals surface area (Å²) in [4.78, 5) is 30.7. The third-order valence-electron chi connectivity index (χ3n) is 5.84. The van der Waals surface area contributed by atoms with Crippen molar-refractivity contribution >= 4 is 17.7 Å². The monoisotopic (exact) mass is 447 g/mol. The number of aryl methyl sites for hydroxylation is 3. The van der Waals surface area contributed by atoms with E-state index in [9.17, 15) is 9.59 Å². The highest BCUT2D eigenvalue weighted by Crippen LogP contribution is 2.23. The molecule has 0 aliphatic heterocycles. The van der Waals surface area contributed by atoms with E-state index in [2.05, 4.69) is 17.2 Å². The van der Waals surface area contributed by atoms with E-state index in [0.717, 1.165) is 40.1 Å². The van der Waals surface area contributed by atoms with E-state index < -0.39 is 0 Å². The predicted molar refractivity (Wildman–Crippen MR) is 131 cm³/mol. The number of anilines is 1. The van der Waals surface area contributed by atoms with E-state index >= 15 is 0 Å². The highest BCUT2D eigenvalue weighted by Gasteiger charge is 2.23. The summed E-state index contributed by atoms with van der Waals surface area (Å²) in [5.41, 5.74) is 7.13. The molecule has 2 amide bonds. The topological polar surface area (TPSA) is 74.4 Å². The predicted octanol–water partition coefficient (Wildman–Crippen LogP) is 5.91. The summed E-state index contributed by atoms with van der Waals surface area (Å²) in [6.07, 6.45) is 0.827. The van der Waals surface area contributed by atoms with Crippen molar-refractivity contribution in [3.8, 4) is 0 Å². The fourth-order valence-corrected chi connectivity index (χ4v) is 3.88. The largest absolute Gasteiger partial charge is 0.461 e. The molecule has 0 bridgehead atoms. The molecule has 0 unspecified atom stereocenters. The van der Waals surface area contributed by atoms with E-state index in [1.807, 2.05) is 69.3 Å². The molecule has 3 rings (SSSR count). The SMILES string of the molecule is CCOC(=O)c1[nH]c(C)c(CN(Cc2ccc(C)cc2)C(=O)Nc2ccccc2CC)c1C. The number of aromatic amines is 1. The number of hydrogen-bond donors (Lipinski definition) is 2. The van der Waals surface area contributed by atoms with Crippen LogP contribution in [0.25, 0.3) is 0 Å². The van der Waals surface area contributed by atoms with Crippen LogP contribution in [0.4, 0.5) is 10.5 Å². The third-order valence-corrected chi connectivity index (χ3v) is 5.84. The lowest BCUT2D eigenvalue weighted by Gasteiger charge is -2.25. The lowest BCUT2D eigenvalue weighted by molar-refractivity contribution is 0.0519. The van der Waals surface area contributed by atoms with Gasteiger partial charge in [0.2, 0.25) is 0 Å². The molecule has 0 atom stereocenters. The first-order valence-corrected chi connectivity index (χ1v) is 11.4. The summed E-state index contributed by atoms with van der Waals surface area (Å²) in [6.45, 7) is 10.8. The van der Waals surface area contributed by atoms with Gasteiger partial charge in [0.15, 0.2) is 0 Å². The van der Waals surface area contributed by atoms with Gasteiger partial charge in [0.25, 0.3) is 0 Å². The standard InChI is InChI=1S/C27H33N3O3/c1-6-22-10-8-9-11-24(22)29-27(32)30(16-21-14-12-18(3)13-15-21)17-23-19(4)25(28-20(23)5)26(31)33-7-2/h8-15,28H,6-7,16-17H2,1-5H3,(H,29,32). The summed E-state index contributed by atoms with van der Waals surface area (Å²) in [7, 11) is 0. The second-order valence-electron chi connectivity index (χ2n) is 8.23. The van der Waals surface area contributed by atoms with Crippen molar-refractivity contribution < 1.29 is 14.3 Å². The molecule has 0 spiro atoms. The van der Waals surface area contributed by atoms with Crippen LogP contribution in [0.15, 0.2) is 48.5 Å². The molecular weight excluding hydrogens is 414 g/mol. The molecular formula is C27H33N3O3. The normalized spacial score (nSPS) is 10.7. The average Bonchev–Trinajstić information content (AvgIpc) is 3.08. The van der Waals surface area contributed by atoms with Crippen LogP contribution in [0.1, 0.15) is 57.8 Å². The first kappa shape index (κ1) is 24.1. The minimum absolute atomic E-state index is 0.186. The molecule has 0 aliphatic rings. The molecule has 1 aromatic heterocycles. The van der Waals surface area contributed by atoms with Gasteiger partial charge in [-0.1, -0.05) is 55.0 Å². The Morgan fingerprint density at radius 3 is 2.33 bits per heavy atom. The van der Waals surface area contributed by atoms with Gasteiger partial charge in [-0.05, 0) is 62.4 Å². The molecule has 0 radical (unpaired) electrons. The van der Waals surface area contributed by atoms with Gasteiger partial charge in [0.1, 0.15) is 5.69 Å². The molecule has 1 heterocycles. The first-order chi connectivity index (χ1) is 15.8. The number of nitrogens with zero attached hydrogens (tertiary/aromatic N) is 1. The number of urea groups is 1. The zero-order chi connectivity index (χ0) is 24.0. The number of rotatable bonds is 8. The molecule has 6 nitrogen and oxygen atoms in total. The number of esters is 1. The van der Waals surface area contributed by atoms with Crippen molar-refractivity contribution in [1.29, 1.82) is 0 Å². The summed E-state index contributed by atoms with van der Waals surface area (Å²) >= 11 is 0. The quantitative estimate of drug-likeness (QED) is 0.421. The molecule has 0 saturated carbocycles. The summed E-state index contributed by atoms with van der Waals surface area (Å²) in [5, 5.41) is 3.09. The Morgan fingerprint density at radius 1 is 0.970 bits per heavy atom. The van der Waals surface area contributed by atoms with Crippen molar-refractivity contribution in [1.82, 2.24) is 9.88 Å². The van der Waals surface area contributed by atoms with Gasteiger partial charge in [-0.15, -0.1) is 0 Å². The molecule has 33 heavy (non-hydrogen) atoms. The minimum Gasteiger partial charge on any atom is -0.461 e. The number of benzene rings is 2. The zero-order valence-electron chi connectivity index (χ0n) is 20.1. The number of carbonyl (C=O) groups excluding carboxylic acids is 2.